The summed E-state index contributed by atoms with van der Waals surface area (Å²) in [5, 5.41) is 11.7. The van der Waals surface area contributed by atoms with Crippen LogP contribution in [-0.2, 0) is 4.79 Å². The van der Waals surface area contributed by atoms with Crippen LogP contribution < -0.4 is 19.7 Å². The lowest BCUT2D eigenvalue weighted by Crippen LogP contribution is -2.38. The van der Waals surface area contributed by atoms with Crippen molar-refractivity contribution >= 4 is 17.4 Å². The Kier molecular flexibility index (Phi) is 6.26. The van der Waals surface area contributed by atoms with Gasteiger partial charge in [-0.1, -0.05) is 0 Å². The number of carbonyl (C=O) groups is 1. The van der Waals surface area contributed by atoms with E-state index in [-0.39, 0.29) is 11.8 Å². The van der Waals surface area contributed by atoms with E-state index in [1.807, 2.05) is 24.3 Å². The van der Waals surface area contributed by atoms with Gasteiger partial charge in [0.05, 0.1) is 25.6 Å². The zero-order valence-electron chi connectivity index (χ0n) is 17.6. The number of methoxy groups -OCH3 is 2. The predicted molar refractivity (Wildman–Crippen MR) is 118 cm³/mol. The molecule has 0 spiro atoms. The van der Waals surface area contributed by atoms with Gasteiger partial charge in [0.2, 0.25) is 5.91 Å². The Hall–Kier alpha value is -3.68. The van der Waals surface area contributed by atoms with Crippen molar-refractivity contribution in [2.75, 3.05) is 37.5 Å². The molecule has 0 radical (unpaired) electrons. The molecule has 1 aromatic carbocycles. The monoisotopic (exact) mass is 419 g/mol. The number of nitrogens with one attached hydrogen (secondary N) is 1. The van der Waals surface area contributed by atoms with Crippen LogP contribution in [-0.4, -0.2) is 48.4 Å². The van der Waals surface area contributed by atoms with E-state index in [1.165, 1.54) is 0 Å². The van der Waals surface area contributed by atoms with Gasteiger partial charge in [-0.25, -0.2) is 0 Å². The highest BCUT2D eigenvalue weighted by Crippen LogP contribution is 2.30. The lowest BCUT2D eigenvalue weighted by molar-refractivity contribution is -0.120. The lowest BCUT2D eigenvalue weighted by Gasteiger charge is -2.32. The summed E-state index contributed by atoms with van der Waals surface area (Å²) in [5.41, 5.74) is 2.34. The third-order valence-corrected chi connectivity index (χ3v) is 5.46. The van der Waals surface area contributed by atoms with Crippen molar-refractivity contribution in [3.05, 3.63) is 54.9 Å². The smallest absolute Gasteiger partial charge is 0.227 e. The van der Waals surface area contributed by atoms with Crippen LogP contribution in [0, 0.1) is 5.92 Å². The van der Waals surface area contributed by atoms with Crippen molar-refractivity contribution in [2.24, 2.45) is 5.92 Å². The normalized spacial score (nSPS) is 14.2. The molecule has 0 saturated carbocycles. The standard InChI is InChI=1S/C23H25N5O3/c1-30-18-5-7-21(31-2)20(14-18)25-23(29)16-9-12-28(13-10-16)22-8-6-19(26-27-22)17-4-3-11-24-15-17/h3-8,11,14-16H,9-10,12-13H2,1-2H3,(H,25,29). The average Bonchev–Trinajstić information content (AvgIpc) is 2.84. The Balaban J connectivity index is 1.36. The van der Waals surface area contributed by atoms with Crippen LogP contribution in [0.2, 0.25) is 0 Å². The number of hydrogen-bond donors (Lipinski definition) is 1. The molecule has 3 aromatic rings. The molecule has 3 heterocycles. The maximum atomic E-state index is 12.8. The van der Waals surface area contributed by atoms with Crippen LogP contribution in [0.1, 0.15) is 12.8 Å². The average molecular weight is 419 g/mol. The topological polar surface area (TPSA) is 89.5 Å². The summed E-state index contributed by atoms with van der Waals surface area (Å²) >= 11 is 0. The molecule has 1 amide bonds. The van der Waals surface area contributed by atoms with E-state index < -0.39 is 0 Å². The minimum absolute atomic E-state index is 0.00999. The van der Waals surface area contributed by atoms with Crippen molar-refractivity contribution in [1.82, 2.24) is 15.2 Å². The molecule has 1 fully saturated rings. The summed E-state index contributed by atoms with van der Waals surface area (Å²) in [7, 11) is 3.17. The van der Waals surface area contributed by atoms with E-state index in [1.54, 1.807) is 44.8 Å². The number of benzene rings is 1. The van der Waals surface area contributed by atoms with Gasteiger partial charge in [-0.15, -0.1) is 10.2 Å². The minimum Gasteiger partial charge on any atom is -0.497 e. The van der Waals surface area contributed by atoms with Gasteiger partial charge in [0.1, 0.15) is 11.5 Å². The summed E-state index contributed by atoms with van der Waals surface area (Å²) in [5.74, 6) is 2.01. The van der Waals surface area contributed by atoms with Crippen LogP contribution in [0.25, 0.3) is 11.3 Å². The first-order chi connectivity index (χ1) is 15.2. The van der Waals surface area contributed by atoms with Crippen LogP contribution in [0.4, 0.5) is 11.5 Å². The Bertz CT molecular complexity index is 1020. The Labute approximate surface area is 181 Å². The molecular formula is C23H25N5O3. The molecule has 0 bridgehead atoms. The first-order valence-corrected chi connectivity index (χ1v) is 10.2. The van der Waals surface area contributed by atoms with Crippen molar-refractivity contribution in [2.45, 2.75) is 12.8 Å². The molecular weight excluding hydrogens is 394 g/mol. The minimum atomic E-state index is -0.0743. The van der Waals surface area contributed by atoms with Gasteiger partial charge >= 0.3 is 0 Å². The molecule has 31 heavy (non-hydrogen) atoms. The van der Waals surface area contributed by atoms with Crippen LogP contribution in [0.3, 0.4) is 0 Å². The second-order valence-corrected chi connectivity index (χ2v) is 7.34. The van der Waals surface area contributed by atoms with E-state index in [2.05, 4.69) is 25.4 Å². The SMILES string of the molecule is COc1ccc(OC)c(NC(=O)C2CCN(c3ccc(-c4cccnc4)nn3)CC2)c1. The number of pyridine rings is 1. The highest BCUT2D eigenvalue weighted by Gasteiger charge is 2.26. The number of hydrogen-bond acceptors (Lipinski definition) is 7. The summed E-state index contributed by atoms with van der Waals surface area (Å²) in [6.45, 7) is 1.49. The van der Waals surface area contributed by atoms with E-state index in [0.717, 1.165) is 43.0 Å². The molecule has 0 unspecified atom stereocenters. The van der Waals surface area contributed by atoms with Crippen LogP contribution in [0.5, 0.6) is 11.5 Å². The molecule has 4 rings (SSSR count). The summed E-state index contributed by atoms with van der Waals surface area (Å²) in [4.78, 5) is 19.1. The van der Waals surface area contributed by atoms with E-state index in [9.17, 15) is 4.79 Å². The third-order valence-electron chi connectivity index (χ3n) is 5.46. The maximum absolute atomic E-state index is 12.8. The van der Waals surface area contributed by atoms with Crippen LogP contribution >= 0.6 is 0 Å². The van der Waals surface area contributed by atoms with Gasteiger partial charge in [0.25, 0.3) is 0 Å². The maximum Gasteiger partial charge on any atom is 0.227 e. The fourth-order valence-corrected chi connectivity index (χ4v) is 3.68. The molecule has 160 valence electrons. The molecule has 0 atom stereocenters. The Morgan fingerprint density at radius 3 is 2.55 bits per heavy atom. The number of aromatic nitrogens is 3. The Morgan fingerprint density at radius 2 is 1.90 bits per heavy atom. The number of rotatable bonds is 6. The molecule has 1 N–H and O–H groups in total. The largest absolute Gasteiger partial charge is 0.497 e. The first-order valence-electron chi connectivity index (χ1n) is 10.2. The second kappa shape index (κ2) is 9.42. The molecule has 0 aliphatic carbocycles. The van der Waals surface area contributed by atoms with E-state index in [4.69, 9.17) is 9.47 Å². The molecule has 8 heteroatoms. The number of piperidine rings is 1. The summed E-state index contributed by atoms with van der Waals surface area (Å²) in [6, 6.07) is 13.1. The van der Waals surface area contributed by atoms with Crippen molar-refractivity contribution < 1.29 is 14.3 Å². The molecule has 1 aliphatic heterocycles. The van der Waals surface area contributed by atoms with Gasteiger partial charge in [0, 0.05) is 43.0 Å². The fraction of sp³-hybridized carbons (Fsp3) is 0.304. The van der Waals surface area contributed by atoms with E-state index >= 15 is 0 Å². The summed E-state index contributed by atoms with van der Waals surface area (Å²) in [6.07, 6.45) is 4.98. The summed E-state index contributed by atoms with van der Waals surface area (Å²) < 4.78 is 10.6. The lowest BCUT2D eigenvalue weighted by atomic mass is 9.95. The number of amides is 1. The fourth-order valence-electron chi connectivity index (χ4n) is 3.68. The number of nitrogens with zero attached hydrogens (tertiary/aromatic N) is 4. The third kappa shape index (κ3) is 4.74. The molecule has 8 nitrogen and oxygen atoms in total. The molecule has 2 aromatic heterocycles. The van der Waals surface area contributed by atoms with Gasteiger partial charge in [-0.05, 0) is 49.2 Å². The van der Waals surface area contributed by atoms with E-state index in [0.29, 0.717) is 17.2 Å². The number of anilines is 2. The number of ether oxygens (including phenoxy) is 2. The molecule has 1 aliphatic rings. The zero-order valence-corrected chi connectivity index (χ0v) is 17.6. The van der Waals surface area contributed by atoms with Crippen molar-refractivity contribution in [3.63, 3.8) is 0 Å². The van der Waals surface area contributed by atoms with Gasteiger partial charge < -0.3 is 19.7 Å². The van der Waals surface area contributed by atoms with Crippen molar-refractivity contribution in [1.29, 1.82) is 0 Å². The highest BCUT2D eigenvalue weighted by atomic mass is 16.5. The Morgan fingerprint density at radius 1 is 1.06 bits per heavy atom. The van der Waals surface area contributed by atoms with Gasteiger partial charge in [-0.3, -0.25) is 9.78 Å². The first kappa shape index (κ1) is 20.6. The second-order valence-electron chi connectivity index (χ2n) is 7.34. The highest BCUT2D eigenvalue weighted by molar-refractivity contribution is 5.94. The number of carbonyl (C=O) groups excluding carboxylic acids is 1. The quantitative estimate of drug-likeness (QED) is 0.655. The predicted octanol–water partition coefficient (Wildman–Crippen LogP) is 3.41. The van der Waals surface area contributed by atoms with Crippen LogP contribution in [0.15, 0.2) is 54.9 Å². The van der Waals surface area contributed by atoms with Crippen molar-refractivity contribution in [3.8, 4) is 22.8 Å². The van der Waals surface area contributed by atoms with Gasteiger partial charge in [0.15, 0.2) is 5.82 Å². The zero-order chi connectivity index (χ0) is 21.6. The van der Waals surface area contributed by atoms with Gasteiger partial charge in [-0.2, -0.15) is 0 Å². The molecule has 1 saturated heterocycles.